The van der Waals surface area contributed by atoms with Crippen LogP contribution < -0.4 is 5.32 Å². The van der Waals surface area contributed by atoms with Crippen LogP contribution in [0, 0.1) is 5.92 Å². The summed E-state index contributed by atoms with van der Waals surface area (Å²) in [6, 6.07) is 8.33. The Morgan fingerprint density at radius 3 is 2.50 bits per heavy atom. The van der Waals surface area contributed by atoms with E-state index >= 15 is 0 Å². The minimum Gasteiger partial charge on any atom is -0.396 e. The average molecular weight is 191 g/mol. The summed E-state index contributed by atoms with van der Waals surface area (Å²) in [5.41, 5.74) is 2.39. The Morgan fingerprint density at radius 1 is 1.21 bits per heavy atom. The molecule has 2 rings (SSSR count). The Labute approximate surface area is 85.0 Å². The van der Waals surface area contributed by atoms with Crippen LogP contribution in [0.5, 0.6) is 0 Å². The van der Waals surface area contributed by atoms with E-state index in [1.165, 1.54) is 24.1 Å². The predicted molar refractivity (Wildman–Crippen MR) is 58.4 cm³/mol. The second-order valence-electron chi connectivity index (χ2n) is 3.99. The molecule has 1 aromatic rings. The Bertz CT molecular complexity index is 277. The van der Waals surface area contributed by atoms with Crippen LogP contribution in [0.2, 0.25) is 0 Å². The second kappa shape index (κ2) is 4.47. The molecule has 2 heteroatoms. The molecule has 0 radical (unpaired) electrons. The molecule has 2 N–H and O–H groups in total. The maximum absolute atomic E-state index is 8.76. The Hall–Kier alpha value is -1.02. The largest absolute Gasteiger partial charge is 0.396 e. The van der Waals surface area contributed by atoms with Gasteiger partial charge in [0.05, 0.1) is 0 Å². The SMILES string of the molecule is OCCc1ccc(NCC2CC2)cc1. The van der Waals surface area contributed by atoms with Crippen LogP contribution in [0.25, 0.3) is 0 Å². The van der Waals surface area contributed by atoms with Gasteiger partial charge in [0.2, 0.25) is 0 Å². The molecule has 0 aromatic heterocycles. The molecule has 0 aliphatic heterocycles. The van der Waals surface area contributed by atoms with Crippen molar-refractivity contribution in [2.45, 2.75) is 19.3 Å². The van der Waals surface area contributed by atoms with Gasteiger partial charge >= 0.3 is 0 Å². The molecule has 1 aliphatic carbocycles. The summed E-state index contributed by atoms with van der Waals surface area (Å²) >= 11 is 0. The van der Waals surface area contributed by atoms with Gasteiger partial charge in [0.25, 0.3) is 0 Å². The van der Waals surface area contributed by atoms with Crippen molar-refractivity contribution in [3.63, 3.8) is 0 Å². The molecule has 0 bridgehead atoms. The molecule has 0 spiro atoms. The number of rotatable bonds is 5. The zero-order valence-corrected chi connectivity index (χ0v) is 8.37. The number of hydrogen-bond acceptors (Lipinski definition) is 2. The van der Waals surface area contributed by atoms with Gasteiger partial charge in [-0.25, -0.2) is 0 Å². The van der Waals surface area contributed by atoms with E-state index in [0.717, 1.165) is 18.9 Å². The smallest absolute Gasteiger partial charge is 0.0471 e. The minimum absolute atomic E-state index is 0.231. The van der Waals surface area contributed by atoms with Gasteiger partial charge in [-0.15, -0.1) is 0 Å². The van der Waals surface area contributed by atoms with E-state index in [9.17, 15) is 0 Å². The molecule has 0 saturated heterocycles. The topological polar surface area (TPSA) is 32.3 Å². The van der Waals surface area contributed by atoms with Crippen LogP contribution in [0.1, 0.15) is 18.4 Å². The Morgan fingerprint density at radius 2 is 1.93 bits per heavy atom. The van der Waals surface area contributed by atoms with E-state index in [0.29, 0.717) is 0 Å². The molecule has 1 aromatic carbocycles. The van der Waals surface area contributed by atoms with Crippen LogP contribution in [-0.4, -0.2) is 18.3 Å². The first-order chi connectivity index (χ1) is 6.88. The first-order valence-electron chi connectivity index (χ1n) is 5.32. The summed E-state index contributed by atoms with van der Waals surface area (Å²) in [5.74, 6) is 0.909. The lowest BCUT2D eigenvalue weighted by Crippen LogP contribution is -2.02. The monoisotopic (exact) mass is 191 g/mol. The lowest BCUT2D eigenvalue weighted by Gasteiger charge is -2.05. The van der Waals surface area contributed by atoms with Crippen molar-refractivity contribution < 1.29 is 5.11 Å². The van der Waals surface area contributed by atoms with Crippen molar-refractivity contribution in [2.75, 3.05) is 18.5 Å². The molecule has 0 amide bonds. The minimum atomic E-state index is 0.231. The number of benzene rings is 1. The van der Waals surface area contributed by atoms with Gasteiger partial charge in [0.1, 0.15) is 0 Å². The fraction of sp³-hybridized carbons (Fsp3) is 0.500. The fourth-order valence-corrected chi connectivity index (χ4v) is 1.50. The second-order valence-corrected chi connectivity index (χ2v) is 3.99. The molecule has 14 heavy (non-hydrogen) atoms. The molecule has 76 valence electrons. The van der Waals surface area contributed by atoms with Crippen molar-refractivity contribution in [3.05, 3.63) is 29.8 Å². The van der Waals surface area contributed by atoms with E-state index in [1.54, 1.807) is 0 Å². The van der Waals surface area contributed by atoms with Gasteiger partial charge in [0.15, 0.2) is 0 Å². The highest BCUT2D eigenvalue weighted by molar-refractivity contribution is 5.44. The normalized spacial score (nSPS) is 15.5. The highest BCUT2D eigenvalue weighted by atomic mass is 16.2. The van der Waals surface area contributed by atoms with E-state index in [-0.39, 0.29) is 6.61 Å². The Balaban J connectivity index is 1.84. The number of hydrogen-bond donors (Lipinski definition) is 2. The van der Waals surface area contributed by atoms with Crippen molar-refractivity contribution >= 4 is 5.69 Å². The van der Waals surface area contributed by atoms with E-state index in [4.69, 9.17) is 5.11 Å². The summed E-state index contributed by atoms with van der Waals surface area (Å²) in [7, 11) is 0. The van der Waals surface area contributed by atoms with E-state index < -0.39 is 0 Å². The van der Waals surface area contributed by atoms with E-state index in [2.05, 4.69) is 29.6 Å². The van der Waals surface area contributed by atoms with Crippen LogP contribution in [0.15, 0.2) is 24.3 Å². The summed E-state index contributed by atoms with van der Waals surface area (Å²) in [6.45, 7) is 1.34. The van der Waals surface area contributed by atoms with Gasteiger partial charge in [-0.05, 0) is 42.9 Å². The van der Waals surface area contributed by atoms with Crippen LogP contribution in [-0.2, 0) is 6.42 Å². The van der Waals surface area contributed by atoms with Crippen molar-refractivity contribution in [3.8, 4) is 0 Å². The molecule has 0 unspecified atom stereocenters. The fourth-order valence-electron chi connectivity index (χ4n) is 1.50. The van der Waals surface area contributed by atoms with Gasteiger partial charge in [0, 0.05) is 18.8 Å². The number of nitrogens with one attached hydrogen (secondary N) is 1. The highest BCUT2D eigenvalue weighted by Gasteiger charge is 2.20. The first kappa shape index (κ1) is 9.53. The molecular formula is C12H17NO. The summed E-state index contributed by atoms with van der Waals surface area (Å²) in [6.07, 6.45) is 3.52. The molecule has 0 atom stereocenters. The molecule has 1 aliphatic rings. The third-order valence-corrected chi connectivity index (χ3v) is 2.65. The predicted octanol–water partition coefficient (Wildman–Crippen LogP) is 2.04. The zero-order valence-electron chi connectivity index (χ0n) is 8.37. The summed E-state index contributed by atoms with van der Waals surface area (Å²) < 4.78 is 0. The van der Waals surface area contributed by atoms with Gasteiger partial charge in [-0.3, -0.25) is 0 Å². The summed E-state index contributed by atoms with van der Waals surface area (Å²) in [4.78, 5) is 0. The van der Waals surface area contributed by atoms with Gasteiger partial charge in [-0.2, -0.15) is 0 Å². The zero-order chi connectivity index (χ0) is 9.80. The molecule has 2 nitrogen and oxygen atoms in total. The highest BCUT2D eigenvalue weighted by Crippen LogP contribution is 2.28. The Kier molecular flexibility index (Phi) is 3.04. The number of aliphatic hydroxyl groups is 1. The lowest BCUT2D eigenvalue weighted by atomic mass is 10.1. The maximum Gasteiger partial charge on any atom is 0.0471 e. The molecular weight excluding hydrogens is 174 g/mol. The standard InChI is InChI=1S/C12H17NO/c14-8-7-10-3-5-12(6-4-10)13-9-11-1-2-11/h3-6,11,13-14H,1-2,7-9H2. The molecule has 1 saturated carbocycles. The quantitative estimate of drug-likeness (QED) is 0.746. The van der Waals surface area contributed by atoms with E-state index in [1.807, 2.05) is 0 Å². The van der Waals surface area contributed by atoms with Crippen molar-refractivity contribution in [1.82, 2.24) is 0 Å². The first-order valence-corrected chi connectivity index (χ1v) is 5.32. The lowest BCUT2D eigenvalue weighted by molar-refractivity contribution is 0.299. The van der Waals surface area contributed by atoms with Crippen LogP contribution >= 0.6 is 0 Å². The average Bonchev–Trinajstić information content (AvgIpc) is 3.01. The van der Waals surface area contributed by atoms with Crippen LogP contribution in [0.3, 0.4) is 0 Å². The van der Waals surface area contributed by atoms with Crippen molar-refractivity contribution in [2.24, 2.45) is 5.92 Å². The van der Waals surface area contributed by atoms with Crippen molar-refractivity contribution in [1.29, 1.82) is 0 Å². The number of anilines is 1. The third-order valence-electron chi connectivity index (χ3n) is 2.65. The maximum atomic E-state index is 8.76. The van der Waals surface area contributed by atoms with Gasteiger partial charge in [-0.1, -0.05) is 12.1 Å². The number of aliphatic hydroxyl groups excluding tert-OH is 1. The van der Waals surface area contributed by atoms with Crippen LogP contribution in [0.4, 0.5) is 5.69 Å². The third kappa shape index (κ3) is 2.74. The molecule has 0 heterocycles. The van der Waals surface area contributed by atoms with Gasteiger partial charge < -0.3 is 10.4 Å². The molecule has 1 fully saturated rings. The summed E-state index contributed by atoms with van der Waals surface area (Å²) in [5, 5.41) is 12.2.